The van der Waals surface area contributed by atoms with Gasteiger partial charge in [-0.1, -0.05) is 19.1 Å². The number of furan rings is 1. The highest BCUT2D eigenvalue weighted by Gasteiger charge is 2.15. The predicted molar refractivity (Wildman–Crippen MR) is 83.3 cm³/mol. The van der Waals surface area contributed by atoms with Gasteiger partial charge in [-0.15, -0.1) is 0 Å². The summed E-state index contributed by atoms with van der Waals surface area (Å²) in [4.78, 5) is 12.1. The van der Waals surface area contributed by atoms with Crippen LogP contribution in [0.2, 0.25) is 0 Å². The Hall–Kier alpha value is -2.56. The largest absolute Gasteiger partial charge is 0.463 e. The Balaban J connectivity index is 1.92. The van der Waals surface area contributed by atoms with Crippen molar-refractivity contribution in [3.05, 3.63) is 54.0 Å². The van der Waals surface area contributed by atoms with Crippen molar-refractivity contribution in [2.75, 3.05) is 5.32 Å². The van der Waals surface area contributed by atoms with Crippen LogP contribution in [0, 0.1) is 6.92 Å². The number of hydrogen-bond donors (Lipinski definition) is 2. The van der Waals surface area contributed by atoms with E-state index in [9.17, 15) is 4.79 Å². The van der Waals surface area contributed by atoms with Crippen LogP contribution in [0.5, 0.6) is 0 Å². The Labute approximate surface area is 124 Å². The first-order valence-electron chi connectivity index (χ1n) is 6.88. The van der Waals surface area contributed by atoms with Gasteiger partial charge in [0, 0.05) is 5.69 Å². The van der Waals surface area contributed by atoms with Gasteiger partial charge in [0.25, 0.3) is 5.91 Å². The molecule has 1 aromatic heterocycles. The number of nitrogens with zero attached hydrogens (tertiary/aromatic N) is 1. The normalized spacial score (nSPS) is 12.3. The Kier molecular flexibility index (Phi) is 5.15. The molecule has 1 atom stereocenters. The van der Waals surface area contributed by atoms with Crippen molar-refractivity contribution in [1.29, 1.82) is 0 Å². The molecular weight excluding hydrogens is 266 g/mol. The average molecular weight is 285 g/mol. The number of carbonyl (C=O) groups is 1. The van der Waals surface area contributed by atoms with Gasteiger partial charge in [-0.25, -0.2) is 5.43 Å². The molecule has 0 spiro atoms. The van der Waals surface area contributed by atoms with Gasteiger partial charge in [0.05, 0.1) is 12.5 Å². The highest BCUT2D eigenvalue weighted by molar-refractivity contribution is 5.86. The molecule has 5 nitrogen and oxygen atoms in total. The van der Waals surface area contributed by atoms with Gasteiger partial charge in [-0.05, 0) is 43.2 Å². The standard InChI is InChI=1S/C16H19N3O2/c1-3-15(18-13-7-4-6-12(2)10-13)16(20)19-17-11-14-8-5-9-21-14/h4-11,15,18H,3H2,1-2H3,(H,19,20)/t15-/m0/s1. The Morgan fingerprint density at radius 3 is 2.90 bits per heavy atom. The maximum atomic E-state index is 12.1. The molecule has 0 unspecified atom stereocenters. The molecule has 110 valence electrons. The lowest BCUT2D eigenvalue weighted by Crippen LogP contribution is -2.36. The molecule has 0 aliphatic carbocycles. The summed E-state index contributed by atoms with van der Waals surface area (Å²) in [5.74, 6) is 0.414. The average Bonchev–Trinajstić information content (AvgIpc) is 2.98. The van der Waals surface area contributed by atoms with E-state index in [0.29, 0.717) is 12.2 Å². The molecule has 0 saturated carbocycles. The van der Waals surface area contributed by atoms with Crippen molar-refractivity contribution in [1.82, 2.24) is 5.43 Å². The summed E-state index contributed by atoms with van der Waals surface area (Å²) < 4.78 is 5.09. The second-order valence-electron chi connectivity index (χ2n) is 4.72. The van der Waals surface area contributed by atoms with Gasteiger partial charge in [0.2, 0.25) is 0 Å². The lowest BCUT2D eigenvalue weighted by Gasteiger charge is -2.16. The molecule has 0 saturated heterocycles. The van der Waals surface area contributed by atoms with Crippen LogP contribution < -0.4 is 10.7 Å². The monoisotopic (exact) mass is 285 g/mol. The van der Waals surface area contributed by atoms with E-state index in [4.69, 9.17) is 4.42 Å². The van der Waals surface area contributed by atoms with Crippen molar-refractivity contribution >= 4 is 17.8 Å². The first kappa shape index (κ1) is 14.8. The van der Waals surface area contributed by atoms with Crippen molar-refractivity contribution < 1.29 is 9.21 Å². The smallest absolute Gasteiger partial charge is 0.262 e. The van der Waals surface area contributed by atoms with E-state index in [0.717, 1.165) is 11.3 Å². The molecule has 2 rings (SSSR count). The first-order chi connectivity index (χ1) is 10.2. The third kappa shape index (κ3) is 4.49. The number of benzene rings is 1. The summed E-state index contributed by atoms with van der Waals surface area (Å²) in [5.41, 5.74) is 4.58. The number of hydrogen-bond acceptors (Lipinski definition) is 4. The highest BCUT2D eigenvalue weighted by Crippen LogP contribution is 2.12. The van der Waals surface area contributed by atoms with Crippen LogP contribution in [-0.2, 0) is 4.79 Å². The summed E-state index contributed by atoms with van der Waals surface area (Å²) >= 11 is 0. The number of nitrogens with one attached hydrogen (secondary N) is 2. The van der Waals surface area contributed by atoms with Crippen molar-refractivity contribution in [2.24, 2.45) is 5.10 Å². The minimum absolute atomic E-state index is 0.179. The Bertz CT molecular complexity index is 606. The van der Waals surface area contributed by atoms with Gasteiger partial charge in [0.1, 0.15) is 11.8 Å². The number of aryl methyl sites for hydroxylation is 1. The molecule has 0 bridgehead atoms. The fraction of sp³-hybridized carbons (Fsp3) is 0.250. The fourth-order valence-electron chi connectivity index (χ4n) is 1.89. The molecule has 0 aliphatic rings. The fourth-order valence-corrected chi connectivity index (χ4v) is 1.89. The lowest BCUT2D eigenvalue weighted by molar-refractivity contribution is -0.121. The van der Waals surface area contributed by atoms with Crippen molar-refractivity contribution in [2.45, 2.75) is 26.3 Å². The zero-order chi connectivity index (χ0) is 15.1. The molecule has 5 heteroatoms. The van der Waals surface area contributed by atoms with E-state index in [2.05, 4.69) is 15.8 Å². The topological polar surface area (TPSA) is 66.6 Å². The van der Waals surface area contributed by atoms with E-state index in [-0.39, 0.29) is 11.9 Å². The second kappa shape index (κ2) is 7.28. The molecule has 0 fully saturated rings. The number of anilines is 1. The van der Waals surface area contributed by atoms with Crippen LogP contribution in [0.1, 0.15) is 24.7 Å². The van der Waals surface area contributed by atoms with E-state index in [1.165, 1.54) is 6.21 Å². The summed E-state index contributed by atoms with van der Waals surface area (Å²) in [6.07, 6.45) is 3.69. The maximum Gasteiger partial charge on any atom is 0.262 e. The van der Waals surface area contributed by atoms with Gasteiger partial charge in [-0.2, -0.15) is 5.10 Å². The van der Waals surface area contributed by atoms with Crippen LogP contribution in [0.15, 0.2) is 52.2 Å². The van der Waals surface area contributed by atoms with Gasteiger partial charge in [0.15, 0.2) is 0 Å². The molecule has 1 heterocycles. The lowest BCUT2D eigenvalue weighted by atomic mass is 10.1. The van der Waals surface area contributed by atoms with E-state index >= 15 is 0 Å². The van der Waals surface area contributed by atoms with Crippen molar-refractivity contribution in [3.63, 3.8) is 0 Å². The minimum Gasteiger partial charge on any atom is -0.463 e. The second-order valence-corrected chi connectivity index (χ2v) is 4.72. The van der Waals surface area contributed by atoms with E-state index in [1.807, 2.05) is 38.1 Å². The summed E-state index contributed by atoms with van der Waals surface area (Å²) in [6, 6.07) is 11.1. The van der Waals surface area contributed by atoms with E-state index in [1.54, 1.807) is 18.4 Å². The van der Waals surface area contributed by atoms with Crippen LogP contribution in [-0.4, -0.2) is 18.2 Å². The number of amides is 1. The number of carbonyl (C=O) groups excluding carboxylic acids is 1. The van der Waals surface area contributed by atoms with Gasteiger partial charge in [-0.3, -0.25) is 4.79 Å². The van der Waals surface area contributed by atoms with E-state index < -0.39 is 0 Å². The molecule has 0 aliphatic heterocycles. The molecule has 21 heavy (non-hydrogen) atoms. The Morgan fingerprint density at radius 2 is 2.24 bits per heavy atom. The van der Waals surface area contributed by atoms with Gasteiger partial charge >= 0.3 is 0 Å². The SMILES string of the molecule is CC[C@H](Nc1cccc(C)c1)C(=O)NN=Cc1ccco1. The summed E-state index contributed by atoms with van der Waals surface area (Å²) in [7, 11) is 0. The molecule has 2 N–H and O–H groups in total. The minimum atomic E-state index is -0.333. The zero-order valence-corrected chi connectivity index (χ0v) is 12.2. The van der Waals surface area contributed by atoms with Crippen molar-refractivity contribution in [3.8, 4) is 0 Å². The van der Waals surface area contributed by atoms with Crippen LogP contribution >= 0.6 is 0 Å². The molecule has 1 aromatic carbocycles. The highest BCUT2D eigenvalue weighted by atomic mass is 16.3. The zero-order valence-electron chi connectivity index (χ0n) is 12.2. The summed E-state index contributed by atoms with van der Waals surface area (Å²) in [5, 5.41) is 7.09. The van der Waals surface area contributed by atoms with Crippen LogP contribution in [0.25, 0.3) is 0 Å². The van der Waals surface area contributed by atoms with Gasteiger partial charge < -0.3 is 9.73 Å². The molecule has 1 amide bonds. The first-order valence-corrected chi connectivity index (χ1v) is 6.88. The third-order valence-corrected chi connectivity index (χ3v) is 2.99. The van der Waals surface area contributed by atoms with Crippen LogP contribution in [0.4, 0.5) is 5.69 Å². The molecule has 2 aromatic rings. The maximum absolute atomic E-state index is 12.1. The van der Waals surface area contributed by atoms with Crippen LogP contribution in [0.3, 0.4) is 0 Å². The third-order valence-electron chi connectivity index (χ3n) is 2.99. The molecule has 0 radical (unpaired) electrons. The summed E-state index contributed by atoms with van der Waals surface area (Å²) in [6.45, 7) is 3.96. The quantitative estimate of drug-likeness (QED) is 0.633. The Morgan fingerprint density at radius 1 is 1.38 bits per heavy atom. The number of rotatable bonds is 6. The molecular formula is C16H19N3O2. The number of hydrazone groups is 1. The predicted octanol–water partition coefficient (Wildman–Crippen LogP) is 2.93.